The van der Waals surface area contributed by atoms with Crippen LogP contribution in [-0.4, -0.2) is 29.8 Å². The van der Waals surface area contributed by atoms with Crippen LogP contribution in [0.2, 0.25) is 0 Å². The number of anilines is 1. The summed E-state index contributed by atoms with van der Waals surface area (Å²) < 4.78 is 6.09. The molecule has 1 amide bonds. The van der Waals surface area contributed by atoms with Gasteiger partial charge in [-0.3, -0.25) is 4.79 Å². The fourth-order valence-corrected chi connectivity index (χ4v) is 6.41. The number of ether oxygens (including phenoxy) is 1. The van der Waals surface area contributed by atoms with Crippen molar-refractivity contribution in [2.45, 2.75) is 124 Å². The number of hydrogen-bond acceptors (Lipinski definition) is 4. The fraction of sp³-hybridized carbons (Fsp3) is 0.595. The van der Waals surface area contributed by atoms with Gasteiger partial charge in [0, 0.05) is 31.9 Å². The van der Waals surface area contributed by atoms with Crippen molar-refractivity contribution in [1.82, 2.24) is 4.90 Å². The third-order valence-electron chi connectivity index (χ3n) is 8.10. The lowest BCUT2D eigenvalue weighted by Crippen LogP contribution is -2.30. The topological polar surface area (TPSA) is 32.8 Å². The molecule has 3 rings (SSSR count). The molecule has 0 aliphatic carbocycles. The summed E-state index contributed by atoms with van der Waals surface area (Å²) in [4.78, 5) is 18.1. The van der Waals surface area contributed by atoms with Crippen LogP contribution >= 0.6 is 11.8 Å². The molecule has 0 aromatic heterocycles. The van der Waals surface area contributed by atoms with E-state index in [2.05, 4.69) is 61.3 Å². The van der Waals surface area contributed by atoms with E-state index >= 15 is 0 Å². The molecule has 0 N–H and O–H groups in total. The van der Waals surface area contributed by atoms with Crippen molar-refractivity contribution < 1.29 is 9.53 Å². The quantitative estimate of drug-likeness (QED) is 0.127. The zero-order valence-corrected chi connectivity index (χ0v) is 27.6. The smallest absolute Gasteiger partial charge is 0.223 e. The normalized spacial score (nSPS) is 12.9. The minimum Gasteiger partial charge on any atom is -0.494 e. The van der Waals surface area contributed by atoms with Crippen LogP contribution in [0.3, 0.4) is 0 Å². The van der Waals surface area contributed by atoms with Crippen LogP contribution in [0, 0.1) is 0 Å². The van der Waals surface area contributed by atoms with Crippen LogP contribution < -0.4 is 9.64 Å². The van der Waals surface area contributed by atoms with Crippen LogP contribution in [0.5, 0.6) is 5.75 Å². The molecule has 0 saturated heterocycles. The van der Waals surface area contributed by atoms with Gasteiger partial charge in [-0.05, 0) is 60.1 Å². The Balaban J connectivity index is 1.30. The Labute approximate surface area is 261 Å². The number of thioether (sulfide) groups is 1. The molecule has 2 aromatic carbocycles. The highest BCUT2D eigenvalue weighted by Gasteiger charge is 2.14. The molecule has 2 aromatic rings. The first-order chi connectivity index (χ1) is 20.5. The maximum atomic E-state index is 12.6. The minimum absolute atomic E-state index is 0.0739. The molecule has 1 aliphatic rings. The second-order valence-electron chi connectivity index (χ2n) is 11.9. The minimum atomic E-state index is 0.0739. The SMILES string of the molecule is CCCCCCCCCCCCCCCCOc1cccc(CCN(C(C)=O)c2cccc(CN3C=C(C)SC3)c2)c1. The van der Waals surface area contributed by atoms with Gasteiger partial charge in [-0.2, -0.15) is 0 Å². The molecule has 0 atom stereocenters. The highest BCUT2D eigenvalue weighted by molar-refractivity contribution is 8.03. The average Bonchev–Trinajstić information content (AvgIpc) is 3.39. The number of allylic oxidation sites excluding steroid dienone is 1. The van der Waals surface area contributed by atoms with E-state index in [4.69, 9.17) is 4.74 Å². The summed E-state index contributed by atoms with van der Waals surface area (Å²) in [7, 11) is 0. The van der Waals surface area contributed by atoms with E-state index in [-0.39, 0.29) is 5.91 Å². The first kappa shape index (κ1) is 34.1. The fourth-order valence-electron chi connectivity index (χ4n) is 5.65. The largest absolute Gasteiger partial charge is 0.494 e. The summed E-state index contributed by atoms with van der Waals surface area (Å²) in [5.41, 5.74) is 3.40. The second-order valence-corrected chi connectivity index (χ2v) is 13.1. The Bertz CT molecular complexity index is 1070. The van der Waals surface area contributed by atoms with E-state index in [1.165, 1.54) is 99.5 Å². The summed E-state index contributed by atoms with van der Waals surface area (Å²) in [5.74, 6) is 2.00. The highest BCUT2D eigenvalue weighted by Crippen LogP contribution is 2.27. The maximum absolute atomic E-state index is 12.6. The number of unbranched alkanes of at least 4 members (excludes halogenated alkanes) is 13. The number of benzene rings is 2. The summed E-state index contributed by atoms with van der Waals surface area (Å²) in [5, 5.41) is 0. The molecule has 0 saturated carbocycles. The lowest BCUT2D eigenvalue weighted by Gasteiger charge is -2.23. The van der Waals surface area contributed by atoms with E-state index < -0.39 is 0 Å². The van der Waals surface area contributed by atoms with Crippen molar-refractivity contribution in [1.29, 1.82) is 0 Å². The molecule has 0 fully saturated rings. The molecular weight excluding hydrogens is 536 g/mol. The van der Waals surface area contributed by atoms with E-state index in [0.717, 1.165) is 43.3 Å². The Morgan fingerprint density at radius 3 is 2.07 bits per heavy atom. The van der Waals surface area contributed by atoms with Gasteiger partial charge in [0.1, 0.15) is 5.75 Å². The van der Waals surface area contributed by atoms with Gasteiger partial charge in [0.2, 0.25) is 5.91 Å². The van der Waals surface area contributed by atoms with E-state index in [1.807, 2.05) is 28.8 Å². The molecule has 0 spiro atoms. The second kappa shape index (κ2) is 20.5. The van der Waals surface area contributed by atoms with Gasteiger partial charge >= 0.3 is 0 Å². The number of rotatable bonds is 22. The molecule has 232 valence electrons. The van der Waals surface area contributed by atoms with Crippen LogP contribution in [0.15, 0.2) is 59.6 Å². The number of hydrogen-bond donors (Lipinski definition) is 0. The van der Waals surface area contributed by atoms with Crippen molar-refractivity contribution in [2.75, 3.05) is 23.9 Å². The lowest BCUT2D eigenvalue weighted by molar-refractivity contribution is -0.116. The van der Waals surface area contributed by atoms with Crippen LogP contribution in [-0.2, 0) is 17.8 Å². The summed E-state index contributed by atoms with van der Waals surface area (Å²) in [6, 6.07) is 16.8. The van der Waals surface area contributed by atoms with Gasteiger partial charge in [-0.15, -0.1) is 11.8 Å². The first-order valence-electron chi connectivity index (χ1n) is 16.7. The maximum Gasteiger partial charge on any atom is 0.223 e. The molecule has 0 bridgehead atoms. The lowest BCUT2D eigenvalue weighted by atomic mass is 10.0. The van der Waals surface area contributed by atoms with E-state index in [0.29, 0.717) is 6.54 Å². The molecule has 0 unspecified atom stereocenters. The van der Waals surface area contributed by atoms with Gasteiger partial charge in [0.15, 0.2) is 0 Å². The highest BCUT2D eigenvalue weighted by atomic mass is 32.2. The monoisotopic (exact) mass is 592 g/mol. The third kappa shape index (κ3) is 13.7. The summed E-state index contributed by atoms with van der Waals surface area (Å²) in [6.07, 6.45) is 22.2. The number of carbonyl (C=O) groups is 1. The molecule has 4 nitrogen and oxygen atoms in total. The Hall–Kier alpha value is -2.40. The zero-order chi connectivity index (χ0) is 29.8. The molecular formula is C37H56N2O2S. The van der Waals surface area contributed by atoms with Gasteiger partial charge < -0.3 is 14.5 Å². The standard InChI is InChI=1S/C37H56N2O2S/c1-4-5-6-7-8-9-10-11-12-13-14-15-16-17-26-41-37-23-19-20-34(28-37)24-25-39(33(3)40)36-22-18-21-35(27-36)30-38-29-32(2)42-31-38/h18-23,27-29H,4-17,24-26,30-31H2,1-3H3. The molecule has 0 radical (unpaired) electrons. The first-order valence-corrected chi connectivity index (χ1v) is 17.7. The Morgan fingerprint density at radius 2 is 1.45 bits per heavy atom. The van der Waals surface area contributed by atoms with Crippen LogP contribution in [0.4, 0.5) is 5.69 Å². The number of carbonyl (C=O) groups excluding carboxylic acids is 1. The third-order valence-corrected chi connectivity index (χ3v) is 9.12. The van der Waals surface area contributed by atoms with Crippen molar-refractivity contribution in [3.63, 3.8) is 0 Å². The average molecular weight is 593 g/mol. The summed E-state index contributed by atoms with van der Waals surface area (Å²) in [6.45, 7) is 8.39. The van der Waals surface area contributed by atoms with Gasteiger partial charge in [-0.25, -0.2) is 0 Å². The Morgan fingerprint density at radius 1 is 0.833 bits per heavy atom. The predicted octanol–water partition coefficient (Wildman–Crippen LogP) is 10.5. The molecule has 5 heteroatoms. The van der Waals surface area contributed by atoms with Gasteiger partial charge in [0.05, 0.1) is 12.5 Å². The van der Waals surface area contributed by atoms with Crippen LogP contribution in [0.1, 0.15) is 122 Å². The van der Waals surface area contributed by atoms with Crippen LogP contribution in [0.25, 0.3) is 0 Å². The summed E-state index contributed by atoms with van der Waals surface area (Å²) >= 11 is 1.87. The van der Waals surface area contributed by atoms with Crippen molar-refractivity contribution in [2.24, 2.45) is 0 Å². The van der Waals surface area contributed by atoms with E-state index in [9.17, 15) is 4.79 Å². The Kier molecular flexibility index (Phi) is 16.6. The molecule has 1 aliphatic heterocycles. The number of nitrogens with zero attached hydrogens (tertiary/aromatic N) is 2. The molecule has 1 heterocycles. The molecule has 42 heavy (non-hydrogen) atoms. The number of amides is 1. The predicted molar refractivity (Wildman–Crippen MR) is 182 cm³/mol. The zero-order valence-electron chi connectivity index (χ0n) is 26.8. The van der Waals surface area contributed by atoms with Crippen molar-refractivity contribution >= 4 is 23.4 Å². The van der Waals surface area contributed by atoms with E-state index in [1.54, 1.807) is 6.92 Å². The van der Waals surface area contributed by atoms with Gasteiger partial charge in [0.25, 0.3) is 0 Å². The van der Waals surface area contributed by atoms with Crippen molar-refractivity contribution in [3.05, 3.63) is 70.8 Å². The van der Waals surface area contributed by atoms with Crippen molar-refractivity contribution in [3.8, 4) is 5.75 Å². The van der Waals surface area contributed by atoms with Gasteiger partial charge in [-0.1, -0.05) is 115 Å².